The molecule has 0 spiro atoms. The second-order valence-electron chi connectivity index (χ2n) is 4.22. The topological polar surface area (TPSA) is 85.1 Å². The molecule has 18 heavy (non-hydrogen) atoms. The molecular weight excluding hydrogens is 254 g/mol. The van der Waals surface area contributed by atoms with E-state index >= 15 is 0 Å². The Balaban J connectivity index is 2.65. The van der Waals surface area contributed by atoms with Gasteiger partial charge >= 0.3 is 0 Å². The molecule has 100 valence electrons. The highest BCUT2D eigenvalue weighted by Gasteiger charge is 2.12. The summed E-state index contributed by atoms with van der Waals surface area (Å²) in [6.07, 6.45) is 3.68. The largest absolute Gasteiger partial charge is 0.368 e. The molecule has 0 bridgehead atoms. The van der Waals surface area contributed by atoms with Crippen molar-refractivity contribution in [2.45, 2.75) is 26.3 Å². The lowest BCUT2D eigenvalue weighted by Crippen LogP contribution is -2.18. The van der Waals surface area contributed by atoms with Gasteiger partial charge in [-0.3, -0.25) is 14.3 Å². The molecule has 1 N–H and O–H groups in total. The summed E-state index contributed by atoms with van der Waals surface area (Å²) in [5.74, 6) is 1.23. The quantitative estimate of drug-likeness (QED) is 0.630. The second-order valence-corrected chi connectivity index (χ2v) is 5.78. The maximum atomic E-state index is 11.0. The zero-order chi connectivity index (χ0) is 13.7. The van der Waals surface area contributed by atoms with Crippen molar-refractivity contribution in [2.24, 2.45) is 0 Å². The number of anilines is 1. The Morgan fingerprint density at radius 3 is 2.78 bits per heavy atom. The van der Waals surface area contributed by atoms with Crippen LogP contribution < -0.4 is 5.32 Å². The normalized spacial score (nSPS) is 13.9. The van der Waals surface area contributed by atoms with E-state index in [0.29, 0.717) is 17.1 Å². The predicted molar refractivity (Wildman–Crippen MR) is 72.3 cm³/mol. The van der Waals surface area contributed by atoms with E-state index in [0.717, 1.165) is 6.42 Å². The fourth-order valence-corrected chi connectivity index (χ4v) is 2.17. The van der Waals surface area contributed by atoms with Crippen molar-refractivity contribution in [3.63, 3.8) is 0 Å². The number of nitro groups is 1. The molecule has 0 radical (unpaired) electrons. The first-order valence-electron chi connectivity index (χ1n) is 5.57. The van der Waals surface area contributed by atoms with Gasteiger partial charge in [-0.05, 0) is 26.3 Å². The molecule has 0 saturated heterocycles. The molecule has 0 aromatic carbocycles. The molecule has 1 heterocycles. The van der Waals surface area contributed by atoms with E-state index in [9.17, 15) is 14.3 Å². The van der Waals surface area contributed by atoms with Gasteiger partial charge in [-0.25, -0.2) is 4.98 Å². The number of pyridine rings is 1. The fraction of sp³-hybridized carbons (Fsp3) is 0.545. The van der Waals surface area contributed by atoms with Crippen molar-refractivity contribution in [3.8, 4) is 0 Å². The van der Waals surface area contributed by atoms with Crippen LogP contribution in [0.5, 0.6) is 0 Å². The van der Waals surface area contributed by atoms with Crippen LogP contribution in [0.25, 0.3) is 0 Å². The lowest BCUT2D eigenvalue weighted by molar-refractivity contribution is -0.385. The van der Waals surface area contributed by atoms with E-state index in [1.54, 1.807) is 19.2 Å². The summed E-state index contributed by atoms with van der Waals surface area (Å²) in [4.78, 5) is 14.2. The summed E-state index contributed by atoms with van der Waals surface area (Å²) >= 11 is 0. The Morgan fingerprint density at radius 2 is 2.28 bits per heavy atom. The van der Waals surface area contributed by atoms with Gasteiger partial charge in [0.05, 0.1) is 4.92 Å². The summed E-state index contributed by atoms with van der Waals surface area (Å²) in [5, 5.41) is 13.8. The number of aryl methyl sites for hydroxylation is 1. The van der Waals surface area contributed by atoms with Gasteiger partial charge in [0.25, 0.3) is 5.69 Å². The SMILES string of the molecule is Cc1cc(NC(C)CCS(C)=O)ncc1[N+](=O)[O-]. The van der Waals surface area contributed by atoms with Crippen molar-refractivity contribution in [1.29, 1.82) is 0 Å². The molecule has 0 aliphatic heterocycles. The van der Waals surface area contributed by atoms with Crippen LogP contribution in [0.2, 0.25) is 0 Å². The van der Waals surface area contributed by atoms with Crippen LogP contribution in [-0.4, -0.2) is 32.2 Å². The summed E-state index contributed by atoms with van der Waals surface area (Å²) in [7, 11) is -0.808. The predicted octanol–water partition coefficient (Wildman–Crippen LogP) is 1.87. The highest BCUT2D eigenvalue weighted by molar-refractivity contribution is 7.84. The molecule has 1 rings (SSSR count). The third-order valence-corrected chi connectivity index (χ3v) is 3.32. The molecule has 0 amide bonds. The number of nitrogens with one attached hydrogen (secondary N) is 1. The molecule has 6 nitrogen and oxygen atoms in total. The molecule has 2 unspecified atom stereocenters. The van der Waals surface area contributed by atoms with Crippen molar-refractivity contribution in [1.82, 2.24) is 4.98 Å². The summed E-state index contributed by atoms with van der Waals surface area (Å²) in [6.45, 7) is 3.64. The van der Waals surface area contributed by atoms with Gasteiger partial charge in [0, 0.05) is 34.4 Å². The smallest absolute Gasteiger partial charge is 0.290 e. The molecule has 0 aliphatic rings. The maximum Gasteiger partial charge on any atom is 0.290 e. The summed E-state index contributed by atoms with van der Waals surface area (Å²) in [5.41, 5.74) is 0.589. The third kappa shape index (κ3) is 4.40. The highest BCUT2D eigenvalue weighted by atomic mass is 32.2. The van der Waals surface area contributed by atoms with Gasteiger partial charge in [0.15, 0.2) is 0 Å². The number of aromatic nitrogens is 1. The van der Waals surface area contributed by atoms with E-state index in [4.69, 9.17) is 0 Å². The number of nitrogens with zero attached hydrogens (tertiary/aromatic N) is 2. The molecule has 1 aromatic rings. The number of hydrogen-bond donors (Lipinski definition) is 1. The standard InChI is InChI=1S/C11H17N3O3S/c1-8-6-11(12-7-10(8)14(15)16)13-9(2)4-5-18(3)17/h6-7,9H,4-5H2,1-3H3,(H,12,13). The van der Waals surface area contributed by atoms with Crippen molar-refractivity contribution >= 4 is 22.3 Å². The van der Waals surface area contributed by atoms with E-state index in [-0.39, 0.29) is 11.7 Å². The molecule has 1 aromatic heterocycles. The Bertz CT molecular complexity index is 465. The van der Waals surface area contributed by atoms with E-state index < -0.39 is 15.7 Å². The lowest BCUT2D eigenvalue weighted by atomic mass is 10.2. The second kappa shape index (κ2) is 6.44. The highest BCUT2D eigenvalue weighted by Crippen LogP contribution is 2.19. The number of hydrogen-bond acceptors (Lipinski definition) is 5. The van der Waals surface area contributed by atoms with E-state index in [1.807, 2.05) is 6.92 Å². The zero-order valence-corrected chi connectivity index (χ0v) is 11.5. The van der Waals surface area contributed by atoms with Crippen LogP contribution in [0.3, 0.4) is 0 Å². The zero-order valence-electron chi connectivity index (χ0n) is 10.7. The first kappa shape index (κ1) is 14.6. The molecule has 0 aliphatic carbocycles. The summed E-state index contributed by atoms with van der Waals surface area (Å²) < 4.78 is 11.0. The van der Waals surface area contributed by atoms with Crippen LogP contribution >= 0.6 is 0 Å². The summed E-state index contributed by atoms with van der Waals surface area (Å²) in [6, 6.07) is 1.78. The van der Waals surface area contributed by atoms with Crippen LogP contribution in [0, 0.1) is 17.0 Å². The van der Waals surface area contributed by atoms with Crippen molar-refractivity contribution in [2.75, 3.05) is 17.3 Å². The lowest BCUT2D eigenvalue weighted by Gasteiger charge is -2.13. The van der Waals surface area contributed by atoms with Gasteiger partial charge in [-0.15, -0.1) is 0 Å². The van der Waals surface area contributed by atoms with Crippen LogP contribution in [0.15, 0.2) is 12.3 Å². The van der Waals surface area contributed by atoms with Gasteiger partial charge in [-0.2, -0.15) is 0 Å². The molecule has 0 fully saturated rings. The van der Waals surface area contributed by atoms with Crippen molar-refractivity contribution < 1.29 is 9.13 Å². The van der Waals surface area contributed by atoms with E-state index in [1.165, 1.54) is 6.20 Å². The van der Waals surface area contributed by atoms with Crippen molar-refractivity contribution in [3.05, 3.63) is 27.9 Å². The van der Waals surface area contributed by atoms with Gasteiger partial charge in [-0.1, -0.05) is 0 Å². The average Bonchev–Trinajstić information content (AvgIpc) is 2.26. The van der Waals surface area contributed by atoms with Gasteiger partial charge < -0.3 is 5.32 Å². The Hall–Kier alpha value is -1.50. The minimum atomic E-state index is -0.808. The average molecular weight is 271 g/mol. The minimum absolute atomic E-state index is 0.0165. The van der Waals surface area contributed by atoms with Crippen LogP contribution in [-0.2, 0) is 10.8 Å². The Morgan fingerprint density at radius 1 is 1.61 bits per heavy atom. The molecular formula is C11H17N3O3S. The minimum Gasteiger partial charge on any atom is -0.368 e. The monoisotopic (exact) mass is 271 g/mol. The molecule has 0 saturated carbocycles. The van der Waals surface area contributed by atoms with Gasteiger partial charge in [0.2, 0.25) is 0 Å². The van der Waals surface area contributed by atoms with Crippen LogP contribution in [0.4, 0.5) is 11.5 Å². The van der Waals surface area contributed by atoms with Gasteiger partial charge in [0.1, 0.15) is 12.0 Å². The first-order chi connectivity index (χ1) is 8.40. The molecule has 7 heteroatoms. The Labute approximate surface area is 108 Å². The van der Waals surface area contributed by atoms with Crippen LogP contribution in [0.1, 0.15) is 18.9 Å². The maximum absolute atomic E-state index is 11.0. The molecule has 2 atom stereocenters. The Kier molecular flexibility index (Phi) is 5.21. The first-order valence-corrected chi connectivity index (χ1v) is 7.30. The number of rotatable bonds is 6. The third-order valence-electron chi connectivity index (χ3n) is 2.51. The van der Waals surface area contributed by atoms with E-state index in [2.05, 4.69) is 10.3 Å². The fourth-order valence-electron chi connectivity index (χ4n) is 1.49.